The van der Waals surface area contributed by atoms with Crippen molar-refractivity contribution >= 4 is 0 Å². The summed E-state index contributed by atoms with van der Waals surface area (Å²) in [5, 5.41) is 3.95. The lowest BCUT2D eigenvalue weighted by atomic mass is 10.3. The van der Waals surface area contributed by atoms with Crippen molar-refractivity contribution in [2.24, 2.45) is 0 Å². The summed E-state index contributed by atoms with van der Waals surface area (Å²) < 4.78 is 38.2. The zero-order valence-corrected chi connectivity index (χ0v) is 8.36. The fraction of sp³-hybridized carbons (Fsp3) is 0.200. The Bertz CT molecular complexity index is 485. The van der Waals surface area contributed by atoms with Crippen molar-refractivity contribution in [3.05, 3.63) is 41.9 Å². The third-order valence-corrected chi connectivity index (χ3v) is 2.02. The van der Waals surface area contributed by atoms with Crippen LogP contribution in [-0.2, 0) is 6.18 Å². The molecule has 0 amide bonds. The molecule has 2 rings (SSSR count). The lowest BCUT2D eigenvalue weighted by Crippen LogP contribution is -2.06. The molecule has 0 unspecified atom stereocenters. The van der Waals surface area contributed by atoms with Crippen molar-refractivity contribution < 1.29 is 13.2 Å². The Morgan fingerprint density at radius 1 is 1.19 bits per heavy atom. The minimum absolute atomic E-state index is 0.362. The highest BCUT2D eigenvalue weighted by atomic mass is 19.4. The highest BCUT2D eigenvalue weighted by Crippen LogP contribution is 2.28. The molecule has 0 aliphatic rings. The van der Waals surface area contributed by atoms with E-state index in [-0.39, 0.29) is 0 Å². The zero-order valence-electron chi connectivity index (χ0n) is 8.36. The van der Waals surface area contributed by atoms with E-state index < -0.39 is 11.7 Å². The highest BCUT2D eigenvalue weighted by molar-refractivity contribution is 5.26. The fourth-order valence-electron chi connectivity index (χ4n) is 1.23. The maximum Gasteiger partial charge on any atom is 0.417 e. The number of halogens is 3. The molecule has 84 valence electrons. The van der Waals surface area contributed by atoms with Gasteiger partial charge in [0.25, 0.3) is 0 Å². The molecule has 6 heteroatoms. The van der Waals surface area contributed by atoms with Gasteiger partial charge in [0.15, 0.2) is 5.82 Å². The van der Waals surface area contributed by atoms with Crippen LogP contribution in [0.1, 0.15) is 11.1 Å². The van der Waals surface area contributed by atoms with Crippen molar-refractivity contribution in [3.8, 4) is 5.82 Å². The number of alkyl halides is 3. The SMILES string of the molecule is Cc1cnn(-c2ccc(C(F)(F)F)cn2)c1. The molecule has 2 heterocycles. The van der Waals surface area contributed by atoms with E-state index in [1.54, 1.807) is 12.4 Å². The van der Waals surface area contributed by atoms with Crippen molar-refractivity contribution in [1.29, 1.82) is 0 Å². The second-order valence-corrected chi connectivity index (χ2v) is 3.37. The maximum absolute atomic E-state index is 12.3. The average molecular weight is 227 g/mol. The summed E-state index contributed by atoms with van der Waals surface area (Å²) >= 11 is 0. The van der Waals surface area contributed by atoms with Crippen LogP contribution in [0.5, 0.6) is 0 Å². The molecule has 0 saturated heterocycles. The van der Waals surface area contributed by atoms with Crippen LogP contribution in [-0.4, -0.2) is 14.8 Å². The molecule has 2 aromatic rings. The van der Waals surface area contributed by atoms with E-state index in [9.17, 15) is 13.2 Å². The van der Waals surface area contributed by atoms with Crippen molar-refractivity contribution in [2.45, 2.75) is 13.1 Å². The fourth-order valence-corrected chi connectivity index (χ4v) is 1.23. The van der Waals surface area contributed by atoms with Crippen LogP contribution < -0.4 is 0 Å². The van der Waals surface area contributed by atoms with Gasteiger partial charge < -0.3 is 0 Å². The average Bonchev–Trinajstić information content (AvgIpc) is 2.64. The van der Waals surface area contributed by atoms with Gasteiger partial charge in [-0.2, -0.15) is 18.3 Å². The van der Waals surface area contributed by atoms with Crippen LogP contribution in [0.15, 0.2) is 30.7 Å². The summed E-state index contributed by atoms with van der Waals surface area (Å²) in [5.41, 5.74) is 0.154. The third kappa shape index (κ3) is 2.05. The zero-order chi connectivity index (χ0) is 11.8. The Kier molecular flexibility index (Phi) is 2.41. The third-order valence-electron chi connectivity index (χ3n) is 2.02. The van der Waals surface area contributed by atoms with Crippen LogP contribution in [0, 0.1) is 6.92 Å². The Morgan fingerprint density at radius 2 is 1.94 bits per heavy atom. The van der Waals surface area contributed by atoms with Gasteiger partial charge in [0.2, 0.25) is 0 Å². The normalized spacial score (nSPS) is 11.8. The number of hydrogen-bond acceptors (Lipinski definition) is 2. The molecule has 0 aliphatic carbocycles. The first-order chi connectivity index (χ1) is 7.47. The minimum Gasteiger partial charge on any atom is -0.237 e. The predicted molar refractivity (Wildman–Crippen MR) is 51.1 cm³/mol. The smallest absolute Gasteiger partial charge is 0.237 e. The molecule has 0 fully saturated rings. The van der Waals surface area contributed by atoms with Gasteiger partial charge in [-0.3, -0.25) is 0 Å². The van der Waals surface area contributed by atoms with Crippen LogP contribution in [0.25, 0.3) is 5.82 Å². The quantitative estimate of drug-likeness (QED) is 0.749. The molecule has 16 heavy (non-hydrogen) atoms. The number of nitrogens with zero attached hydrogens (tertiary/aromatic N) is 3. The summed E-state index contributed by atoms with van der Waals surface area (Å²) in [6, 6.07) is 2.27. The molecular weight excluding hydrogens is 219 g/mol. The Morgan fingerprint density at radius 3 is 2.38 bits per heavy atom. The topological polar surface area (TPSA) is 30.7 Å². The number of aromatic nitrogens is 3. The van der Waals surface area contributed by atoms with Gasteiger partial charge in [-0.1, -0.05) is 0 Å². The summed E-state index contributed by atoms with van der Waals surface area (Å²) in [6.45, 7) is 1.84. The second kappa shape index (κ2) is 3.62. The van der Waals surface area contributed by atoms with Crippen molar-refractivity contribution in [1.82, 2.24) is 14.8 Å². The summed E-state index contributed by atoms with van der Waals surface area (Å²) in [6.07, 6.45) is -0.257. The Labute approximate surface area is 89.5 Å². The maximum atomic E-state index is 12.3. The van der Waals surface area contributed by atoms with Crippen LogP contribution in [0.2, 0.25) is 0 Å². The van der Waals surface area contributed by atoms with Gasteiger partial charge in [0, 0.05) is 12.4 Å². The Hall–Kier alpha value is -1.85. The van der Waals surface area contributed by atoms with Gasteiger partial charge >= 0.3 is 6.18 Å². The van der Waals surface area contributed by atoms with E-state index in [1.807, 2.05) is 6.92 Å². The molecule has 0 atom stereocenters. The molecule has 0 aliphatic heterocycles. The van der Waals surface area contributed by atoms with Gasteiger partial charge in [-0.05, 0) is 24.6 Å². The Balaban J connectivity index is 2.33. The number of pyridine rings is 1. The molecule has 3 nitrogen and oxygen atoms in total. The first kappa shape index (κ1) is 10.7. The molecule has 0 spiro atoms. The van der Waals surface area contributed by atoms with E-state index in [4.69, 9.17) is 0 Å². The van der Waals surface area contributed by atoms with Crippen LogP contribution >= 0.6 is 0 Å². The van der Waals surface area contributed by atoms with E-state index in [1.165, 1.54) is 10.7 Å². The highest BCUT2D eigenvalue weighted by Gasteiger charge is 2.30. The molecule has 0 N–H and O–H groups in total. The number of rotatable bonds is 1. The molecule has 2 aromatic heterocycles. The lowest BCUT2D eigenvalue weighted by molar-refractivity contribution is -0.137. The molecule has 0 aromatic carbocycles. The molecule has 0 radical (unpaired) electrons. The van der Waals surface area contributed by atoms with Crippen LogP contribution in [0.4, 0.5) is 13.2 Å². The molecular formula is C10H8F3N3. The summed E-state index contributed by atoms with van der Waals surface area (Å²) in [5.74, 6) is 0.362. The minimum atomic E-state index is -4.36. The van der Waals surface area contributed by atoms with Crippen LogP contribution in [0.3, 0.4) is 0 Å². The van der Waals surface area contributed by atoms with E-state index in [0.29, 0.717) is 5.82 Å². The first-order valence-corrected chi connectivity index (χ1v) is 4.52. The summed E-state index contributed by atoms with van der Waals surface area (Å²) in [4.78, 5) is 3.71. The summed E-state index contributed by atoms with van der Waals surface area (Å²) in [7, 11) is 0. The number of hydrogen-bond donors (Lipinski definition) is 0. The lowest BCUT2D eigenvalue weighted by Gasteiger charge is -2.06. The second-order valence-electron chi connectivity index (χ2n) is 3.37. The molecule has 0 saturated carbocycles. The van der Waals surface area contributed by atoms with Gasteiger partial charge in [-0.15, -0.1) is 0 Å². The largest absolute Gasteiger partial charge is 0.417 e. The van der Waals surface area contributed by atoms with Crippen molar-refractivity contribution in [2.75, 3.05) is 0 Å². The van der Waals surface area contributed by atoms with Gasteiger partial charge in [0.1, 0.15) is 0 Å². The molecule has 0 bridgehead atoms. The van der Waals surface area contributed by atoms with E-state index in [0.717, 1.165) is 17.8 Å². The van der Waals surface area contributed by atoms with E-state index >= 15 is 0 Å². The van der Waals surface area contributed by atoms with Crippen molar-refractivity contribution in [3.63, 3.8) is 0 Å². The van der Waals surface area contributed by atoms with E-state index in [2.05, 4.69) is 10.1 Å². The predicted octanol–water partition coefficient (Wildman–Crippen LogP) is 2.59. The van der Waals surface area contributed by atoms with Gasteiger partial charge in [0.05, 0.1) is 11.8 Å². The standard InChI is InChI=1S/C10H8F3N3/c1-7-4-15-16(6-7)9-3-2-8(5-14-9)10(11,12)13/h2-6H,1H3. The monoisotopic (exact) mass is 227 g/mol. The first-order valence-electron chi connectivity index (χ1n) is 4.52. The van der Waals surface area contributed by atoms with Gasteiger partial charge in [-0.25, -0.2) is 9.67 Å². The number of aryl methyl sites for hydroxylation is 1.